The van der Waals surface area contributed by atoms with Crippen LogP contribution in [0.25, 0.3) is 5.57 Å². The zero-order valence-electron chi connectivity index (χ0n) is 15.0. The number of aliphatic hydroxyl groups excluding tert-OH is 2. The van der Waals surface area contributed by atoms with Crippen LogP contribution in [0.3, 0.4) is 0 Å². The molecule has 1 aliphatic carbocycles. The lowest BCUT2D eigenvalue weighted by molar-refractivity contribution is -0.339. The second-order valence-electron chi connectivity index (χ2n) is 6.70. The van der Waals surface area contributed by atoms with Crippen molar-refractivity contribution in [2.24, 2.45) is 11.8 Å². The normalized spacial score (nSPS) is 36.2. The Kier molecular flexibility index (Phi) is 5.07. The number of allylic oxidation sites excluding steroid dienone is 2. The number of fused-ring (bicyclic) bond motifs is 1. The number of hydrogen-bond acceptors (Lipinski definition) is 7. The molecule has 3 N–H and O–H groups in total. The van der Waals surface area contributed by atoms with Gasteiger partial charge in [-0.3, -0.25) is 4.79 Å². The first-order valence-corrected chi connectivity index (χ1v) is 8.63. The summed E-state index contributed by atoms with van der Waals surface area (Å²) in [6.45, 7) is 3.59. The van der Waals surface area contributed by atoms with Crippen molar-refractivity contribution in [3.05, 3.63) is 29.8 Å². The first kappa shape index (κ1) is 18.8. The van der Waals surface area contributed by atoms with Crippen LogP contribution >= 0.6 is 0 Å². The maximum absolute atomic E-state index is 10.8. The van der Waals surface area contributed by atoms with Gasteiger partial charge in [-0.1, -0.05) is 13.8 Å². The number of rotatable bonds is 6. The van der Waals surface area contributed by atoms with Gasteiger partial charge in [0.2, 0.25) is 6.29 Å². The van der Waals surface area contributed by atoms with Gasteiger partial charge in [-0.2, -0.15) is 0 Å². The predicted molar refractivity (Wildman–Crippen MR) is 92.4 cm³/mol. The summed E-state index contributed by atoms with van der Waals surface area (Å²) in [4.78, 5) is 10.8. The van der Waals surface area contributed by atoms with E-state index in [2.05, 4.69) is 0 Å². The molecule has 6 atom stereocenters. The summed E-state index contributed by atoms with van der Waals surface area (Å²) in [6, 6.07) is 5.06. The van der Waals surface area contributed by atoms with Gasteiger partial charge in [0.1, 0.15) is 23.9 Å². The Bertz CT molecular complexity index is 716. The molecule has 6 unspecified atom stereocenters. The third-order valence-corrected chi connectivity index (χ3v) is 5.38. The maximum atomic E-state index is 10.8. The summed E-state index contributed by atoms with van der Waals surface area (Å²) in [6.07, 6.45) is -0.230. The fraction of sp³-hybridized carbons (Fsp3) is 0.526. The average molecular weight is 364 g/mol. The Morgan fingerprint density at radius 3 is 2.65 bits per heavy atom. The summed E-state index contributed by atoms with van der Waals surface area (Å²) < 4.78 is 16.6. The SMILES string of the molecule is CCC(=CC=O)c1ccc(OC2OC3(O)C(C)C(O)C3C2O)cc1OC. The van der Waals surface area contributed by atoms with Crippen LogP contribution in [0.5, 0.6) is 11.5 Å². The zero-order chi connectivity index (χ0) is 19.1. The van der Waals surface area contributed by atoms with E-state index in [9.17, 15) is 20.1 Å². The van der Waals surface area contributed by atoms with Crippen LogP contribution in [0.2, 0.25) is 0 Å². The molecule has 1 aliphatic heterocycles. The lowest BCUT2D eigenvalue weighted by Gasteiger charge is -2.49. The van der Waals surface area contributed by atoms with Crippen molar-refractivity contribution in [2.45, 2.75) is 44.6 Å². The highest BCUT2D eigenvalue weighted by Gasteiger charge is 2.70. The van der Waals surface area contributed by atoms with E-state index in [1.807, 2.05) is 6.92 Å². The minimum Gasteiger partial charge on any atom is -0.496 e. The second kappa shape index (κ2) is 7.00. The molecule has 7 nitrogen and oxygen atoms in total. The van der Waals surface area contributed by atoms with Crippen LogP contribution in [-0.4, -0.2) is 53.0 Å². The van der Waals surface area contributed by atoms with Crippen LogP contribution < -0.4 is 9.47 Å². The number of aldehydes is 1. The fourth-order valence-corrected chi connectivity index (χ4v) is 3.76. The Hall–Kier alpha value is -1.93. The molecule has 1 aromatic rings. The van der Waals surface area contributed by atoms with E-state index >= 15 is 0 Å². The number of aliphatic hydroxyl groups is 3. The maximum Gasteiger partial charge on any atom is 0.229 e. The molecule has 142 valence electrons. The quantitative estimate of drug-likeness (QED) is 0.513. The largest absolute Gasteiger partial charge is 0.496 e. The van der Waals surface area contributed by atoms with Crippen molar-refractivity contribution >= 4 is 11.9 Å². The third kappa shape index (κ3) is 2.81. The van der Waals surface area contributed by atoms with Gasteiger partial charge in [-0.05, 0) is 30.2 Å². The van der Waals surface area contributed by atoms with Crippen LogP contribution in [-0.2, 0) is 9.53 Å². The summed E-state index contributed by atoms with van der Waals surface area (Å²) in [5, 5.41) is 30.7. The van der Waals surface area contributed by atoms with Gasteiger partial charge in [0.25, 0.3) is 0 Å². The number of carbonyl (C=O) groups excluding carboxylic acids is 1. The van der Waals surface area contributed by atoms with E-state index in [1.54, 1.807) is 25.1 Å². The van der Waals surface area contributed by atoms with Gasteiger partial charge in [0, 0.05) is 17.5 Å². The molecule has 7 heteroatoms. The number of carbonyl (C=O) groups is 1. The van der Waals surface area contributed by atoms with E-state index < -0.39 is 36.1 Å². The standard InChI is InChI=1S/C19H24O7/c1-4-11(7-8-20)13-6-5-12(9-14(13)24-3)25-18-17(22)15-16(21)10(2)19(15,23)26-18/h5-10,15-18,21-23H,4H2,1-3H3. The summed E-state index contributed by atoms with van der Waals surface area (Å²) in [5.74, 6) is -2.00. The molecule has 0 amide bonds. The highest BCUT2D eigenvalue weighted by atomic mass is 16.8. The van der Waals surface area contributed by atoms with Crippen molar-refractivity contribution in [2.75, 3.05) is 7.11 Å². The number of benzene rings is 1. The number of methoxy groups -OCH3 is 1. The van der Waals surface area contributed by atoms with Crippen molar-refractivity contribution in [3.63, 3.8) is 0 Å². The molecule has 2 fully saturated rings. The Balaban J connectivity index is 1.81. The Morgan fingerprint density at radius 2 is 2.08 bits per heavy atom. The van der Waals surface area contributed by atoms with Gasteiger partial charge in [-0.25, -0.2) is 0 Å². The number of ether oxygens (including phenoxy) is 3. The minimum atomic E-state index is -1.59. The highest BCUT2D eigenvalue weighted by Crippen LogP contribution is 2.53. The van der Waals surface area contributed by atoms with Crippen molar-refractivity contribution < 1.29 is 34.3 Å². The van der Waals surface area contributed by atoms with Crippen LogP contribution in [0.1, 0.15) is 25.8 Å². The molecule has 1 heterocycles. The summed E-state index contributed by atoms with van der Waals surface area (Å²) in [7, 11) is 1.51. The van der Waals surface area contributed by atoms with Crippen LogP contribution in [0, 0.1) is 11.8 Å². The minimum absolute atomic E-state index is 0.378. The van der Waals surface area contributed by atoms with E-state index in [-0.39, 0.29) is 0 Å². The topological polar surface area (TPSA) is 105 Å². The average Bonchev–Trinajstić information content (AvgIpc) is 2.87. The molecule has 1 saturated carbocycles. The number of hydrogen-bond donors (Lipinski definition) is 3. The van der Waals surface area contributed by atoms with Crippen molar-refractivity contribution in [1.82, 2.24) is 0 Å². The lowest BCUT2D eigenvalue weighted by Crippen LogP contribution is -2.65. The van der Waals surface area contributed by atoms with Gasteiger partial charge in [-0.15, -0.1) is 0 Å². The molecule has 26 heavy (non-hydrogen) atoms. The smallest absolute Gasteiger partial charge is 0.229 e. The van der Waals surface area contributed by atoms with Crippen molar-refractivity contribution in [3.8, 4) is 11.5 Å². The molecule has 0 aromatic heterocycles. The molecular weight excluding hydrogens is 340 g/mol. The highest BCUT2D eigenvalue weighted by molar-refractivity contribution is 5.83. The third-order valence-electron chi connectivity index (χ3n) is 5.38. The van der Waals surface area contributed by atoms with E-state index in [0.29, 0.717) is 17.9 Å². The molecular formula is C19H24O7. The first-order valence-electron chi connectivity index (χ1n) is 8.63. The fourth-order valence-electron chi connectivity index (χ4n) is 3.76. The molecule has 0 radical (unpaired) electrons. The first-order chi connectivity index (χ1) is 12.4. The predicted octanol–water partition coefficient (Wildman–Crippen LogP) is 1.10. The zero-order valence-corrected chi connectivity index (χ0v) is 15.0. The molecule has 2 aliphatic rings. The molecule has 3 rings (SSSR count). The molecule has 1 aromatic carbocycles. The summed E-state index contributed by atoms with van der Waals surface area (Å²) >= 11 is 0. The summed E-state index contributed by atoms with van der Waals surface area (Å²) in [5.41, 5.74) is 1.59. The Labute approximate surface area is 151 Å². The van der Waals surface area contributed by atoms with E-state index in [4.69, 9.17) is 14.2 Å². The van der Waals surface area contributed by atoms with Gasteiger partial charge in [0.15, 0.2) is 5.79 Å². The lowest BCUT2D eigenvalue weighted by atomic mass is 9.65. The van der Waals surface area contributed by atoms with Gasteiger partial charge in [0.05, 0.1) is 19.1 Å². The monoisotopic (exact) mass is 364 g/mol. The second-order valence-corrected chi connectivity index (χ2v) is 6.70. The van der Waals surface area contributed by atoms with E-state index in [1.165, 1.54) is 13.2 Å². The Morgan fingerprint density at radius 1 is 1.35 bits per heavy atom. The van der Waals surface area contributed by atoms with Crippen molar-refractivity contribution in [1.29, 1.82) is 0 Å². The van der Waals surface area contributed by atoms with Gasteiger partial charge >= 0.3 is 0 Å². The van der Waals surface area contributed by atoms with Gasteiger partial charge < -0.3 is 29.5 Å². The molecule has 1 saturated heterocycles. The van der Waals surface area contributed by atoms with E-state index in [0.717, 1.165) is 17.4 Å². The van der Waals surface area contributed by atoms with Crippen LogP contribution in [0.4, 0.5) is 0 Å². The molecule has 0 bridgehead atoms. The molecule has 0 spiro atoms. The van der Waals surface area contributed by atoms with Crippen LogP contribution in [0.15, 0.2) is 24.3 Å².